The second-order valence-electron chi connectivity index (χ2n) is 5.70. The van der Waals surface area contributed by atoms with E-state index in [9.17, 15) is 27.4 Å². The Hall–Kier alpha value is -1.13. The first kappa shape index (κ1) is 20.9. The van der Waals surface area contributed by atoms with Crippen molar-refractivity contribution in [2.75, 3.05) is 12.9 Å². The van der Waals surface area contributed by atoms with Crippen LogP contribution in [0.5, 0.6) is 0 Å². The predicted molar refractivity (Wildman–Crippen MR) is 82.4 cm³/mol. The Balaban J connectivity index is 2.31. The van der Waals surface area contributed by atoms with Gasteiger partial charge in [-0.2, -0.15) is 8.42 Å². The summed E-state index contributed by atoms with van der Waals surface area (Å²) in [5, 5.41) is 19.5. The Bertz CT molecular complexity index is 633. The fourth-order valence-corrected chi connectivity index (χ4v) is 2.39. The van der Waals surface area contributed by atoms with Crippen LogP contribution in [0, 0.1) is 11.6 Å². The van der Waals surface area contributed by atoms with Crippen molar-refractivity contribution in [2.45, 2.75) is 44.7 Å². The van der Waals surface area contributed by atoms with Gasteiger partial charge in [0, 0.05) is 6.07 Å². The van der Waals surface area contributed by atoms with Gasteiger partial charge in [0.05, 0.1) is 6.26 Å². The van der Waals surface area contributed by atoms with Crippen molar-refractivity contribution in [2.24, 2.45) is 0 Å². The molecule has 0 saturated carbocycles. The molecule has 2 N–H and O–H groups in total. The van der Waals surface area contributed by atoms with Crippen molar-refractivity contribution in [3.05, 3.63) is 35.4 Å². The van der Waals surface area contributed by atoms with Gasteiger partial charge in [-0.1, -0.05) is 6.07 Å². The summed E-state index contributed by atoms with van der Waals surface area (Å²) < 4.78 is 57.2. The van der Waals surface area contributed by atoms with E-state index in [0.717, 1.165) is 19.2 Å². The molecule has 0 bridgehead atoms. The lowest BCUT2D eigenvalue weighted by Gasteiger charge is -2.26. The molecular formula is C15H22F2O6S. The van der Waals surface area contributed by atoms with Crippen LogP contribution in [0.25, 0.3) is 0 Å². The Morgan fingerprint density at radius 3 is 2.54 bits per heavy atom. The van der Waals surface area contributed by atoms with Gasteiger partial charge in [-0.3, -0.25) is 4.18 Å². The highest BCUT2D eigenvalue weighted by Gasteiger charge is 2.27. The maximum absolute atomic E-state index is 13.4. The SMILES string of the molecule is C[C@@](O)(COS(C)(=O)=O)O[C@H](O)CCCCc1ccc(F)cc1F. The van der Waals surface area contributed by atoms with E-state index in [4.69, 9.17) is 4.74 Å². The van der Waals surface area contributed by atoms with Crippen LogP contribution in [0.15, 0.2) is 18.2 Å². The molecule has 0 aliphatic rings. The number of benzene rings is 1. The monoisotopic (exact) mass is 368 g/mol. The summed E-state index contributed by atoms with van der Waals surface area (Å²) in [6.07, 6.45) is 0.992. The molecule has 1 rings (SSSR count). The zero-order chi connectivity index (χ0) is 18.4. The molecule has 0 fully saturated rings. The van der Waals surface area contributed by atoms with Crippen molar-refractivity contribution in [1.82, 2.24) is 0 Å². The molecule has 0 aliphatic heterocycles. The van der Waals surface area contributed by atoms with Crippen molar-refractivity contribution in [1.29, 1.82) is 0 Å². The molecule has 0 heterocycles. The second kappa shape index (κ2) is 8.82. The fourth-order valence-electron chi connectivity index (χ4n) is 1.96. The summed E-state index contributed by atoms with van der Waals surface area (Å²) in [5.41, 5.74) is 0.375. The average molecular weight is 368 g/mol. The van der Waals surface area contributed by atoms with E-state index in [-0.39, 0.29) is 6.42 Å². The smallest absolute Gasteiger partial charge is 0.264 e. The molecule has 0 aliphatic carbocycles. The van der Waals surface area contributed by atoms with E-state index in [1.54, 1.807) is 0 Å². The van der Waals surface area contributed by atoms with Crippen LogP contribution >= 0.6 is 0 Å². The molecular weight excluding hydrogens is 346 g/mol. The molecule has 9 heteroatoms. The molecule has 6 nitrogen and oxygen atoms in total. The van der Waals surface area contributed by atoms with Crippen LogP contribution < -0.4 is 0 Å². The molecule has 1 aromatic carbocycles. The number of hydrogen-bond donors (Lipinski definition) is 2. The van der Waals surface area contributed by atoms with Crippen molar-refractivity contribution in [3.8, 4) is 0 Å². The number of ether oxygens (including phenoxy) is 1. The predicted octanol–water partition coefficient (Wildman–Crippen LogP) is 1.70. The first-order valence-corrected chi connectivity index (χ1v) is 9.17. The Morgan fingerprint density at radius 1 is 1.29 bits per heavy atom. The van der Waals surface area contributed by atoms with Gasteiger partial charge in [0.2, 0.25) is 0 Å². The number of rotatable bonds is 10. The Kier molecular flexibility index (Phi) is 7.68. The largest absolute Gasteiger partial charge is 0.368 e. The minimum absolute atomic E-state index is 0.151. The maximum atomic E-state index is 13.4. The molecule has 24 heavy (non-hydrogen) atoms. The van der Waals surface area contributed by atoms with E-state index >= 15 is 0 Å². The van der Waals surface area contributed by atoms with Crippen LogP contribution in [-0.4, -0.2) is 43.6 Å². The molecule has 0 radical (unpaired) electrons. The summed E-state index contributed by atoms with van der Waals surface area (Å²) in [7, 11) is -3.74. The number of aryl methyl sites for hydroxylation is 1. The molecule has 0 spiro atoms. The fraction of sp³-hybridized carbons (Fsp3) is 0.600. The topological polar surface area (TPSA) is 93.1 Å². The average Bonchev–Trinajstić information content (AvgIpc) is 2.42. The molecule has 0 unspecified atom stereocenters. The van der Waals surface area contributed by atoms with E-state index in [1.807, 2.05) is 0 Å². The van der Waals surface area contributed by atoms with E-state index in [1.165, 1.54) is 12.1 Å². The minimum Gasteiger partial charge on any atom is -0.368 e. The minimum atomic E-state index is -3.74. The number of halogens is 2. The third-order valence-corrected chi connectivity index (χ3v) is 3.64. The van der Waals surface area contributed by atoms with Crippen LogP contribution in [0.2, 0.25) is 0 Å². The first-order valence-electron chi connectivity index (χ1n) is 7.35. The normalized spacial score (nSPS) is 15.9. The summed E-state index contributed by atoms with van der Waals surface area (Å²) in [6, 6.07) is 3.35. The number of hydrogen-bond acceptors (Lipinski definition) is 6. The quantitative estimate of drug-likeness (QED) is 0.371. The van der Waals surface area contributed by atoms with Crippen molar-refractivity contribution < 1.29 is 36.3 Å². The summed E-state index contributed by atoms with van der Waals surface area (Å²) >= 11 is 0. The zero-order valence-corrected chi connectivity index (χ0v) is 14.4. The van der Waals surface area contributed by atoms with Gasteiger partial charge in [0.1, 0.15) is 18.2 Å². The molecule has 0 saturated heterocycles. The zero-order valence-electron chi connectivity index (χ0n) is 13.5. The number of unbranched alkanes of at least 4 members (excludes halogenated alkanes) is 1. The van der Waals surface area contributed by atoms with Gasteiger partial charge in [0.25, 0.3) is 10.1 Å². The third kappa shape index (κ3) is 8.65. The standard InChI is InChI=1S/C15H22F2O6S/c1-15(19,10-22-24(2,20)21)23-14(18)6-4-3-5-11-7-8-12(16)9-13(11)17/h7-9,14,18-19H,3-6,10H2,1-2H3/t14-,15-/m0/s1. The number of aliphatic hydroxyl groups excluding tert-OH is 1. The van der Waals surface area contributed by atoms with Gasteiger partial charge < -0.3 is 14.9 Å². The highest BCUT2D eigenvalue weighted by Crippen LogP contribution is 2.16. The van der Waals surface area contributed by atoms with Gasteiger partial charge in [0.15, 0.2) is 12.1 Å². The van der Waals surface area contributed by atoms with Gasteiger partial charge in [-0.15, -0.1) is 0 Å². The summed E-state index contributed by atoms with van der Waals surface area (Å²) in [4.78, 5) is 0. The lowest BCUT2D eigenvalue weighted by molar-refractivity contribution is -0.280. The van der Waals surface area contributed by atoms with Crippen molar-refractivity contribution >= 4 is 10.1 Å². The van der Waals surface area contributed by atoms with Crippen LogP contribution in [-0.2, 0) is 25.5 Å². The van der Waals surface area contributed by atoms with Gasteiger partial charge in [-0.25, -0.2) is 8.78 Å². The lowest BCUT2D eigenvalue weighted by atomic mass is 10.1. The molecule has 0 amide bonds. The summed E-state index contributed by atoms with van der Waals surface area (Å²) in [5.74, 6) is -3.22. The summed E-state index contributed by atoms with van der Waals surface area (Å²) in [6.45, 7) is 0.513. The van der Waals surface area contributed by atoms with Crippen LogP contribution in [0.3, 0.4) is 0 Å². The van der Waals surface area contributed by atoms with Gasteiger partial charge >= 0.3 is 0 Å². The number of aliphatic hydroxyl groups is 2. The van der Waals surface area contributed by atoms with E-state index < -0.39 is 40.4 Å². The second-order valence-corrected chi connectivity index (χ2v) is 7.34. The maximum Gasteiger partial charge on any atom is 0.264 e. The van der Waals surface area contributed by atoms with Crippen LogP contribution in [0.4, 0.5) is 8.78 Å². The lowest BCUT2D eigenvalue weighted by Crippen LogP contribution is -2.38. The molecule has 0 aromatic heterocycles. The van der Waals surface area contributed by atoms with Crippen LogP contribution in [0.1, 0.15) is 31.7 Å². The highest BCUT2D eigenvalue weighted by atomic mass is 32.2. The van der Waals surface area contributed by atoms with E-state index in [0.29, 0.717) is 24.8 Å². The van der Waals surface area contributed by atoms with Crippen molar-refractivity contribution in [3.63, 3.8) is 0 Å². The Morgan fingerprint density at radius 2 is 1.96 bits per heavy atom. The van der Waals surface area contributed by atoms with E-state index in [2.05, 4.69) is 4.18 Å². The van der Waals surface area contributed by atoms with Gasteiger partial charge in [-0.05, 0) is 44.2 Å². The highest BCUT2D eigenvalue weighted by molar-refractivity contribution is 7.85. The molecule has 138 valence electrons. The third-order valence-electron chi connectivity index (χ3n) is 3.09. The Labute approximate surface area is 140 Å². The molecule has 2 atom stereocenters. The first-order chi connectivity index (χ1) is 11.0. The molecule has 1 aromatic rings.